The molecule has 0 radical (unpaired) electrons. The molecule has 30 heavy (non-hydrogen) atoms. The fourth-order valence-electron chi connectivity index (χ4n) is 5.17. The number of hydrogen-bond donors (Lipinski definition) is 2. The van der Waals surface area contributed by atoms with Crippen LogP contribution in [0.1, 0.15) is 63.7 Å². The molecular formula is C22H32N4O4. The molecule has 1 aromatic heterocycles. The molecule has 1 spiro atoms. The summed E-state index contributed by atoms with van der Waals surface area (Å²) in [6.45, 7) is 4.08. The zero-order chi connectivity index (χ0) is 21.1. The van der Waals surface area contributed by atoms with Gasteiger partial charge in [0.1, 0.15) is 17.8 Å². The van der Waals surface area contributed by atoms with Gasteiger partial charge in [0.25, 0.3) is 5.91 Å². The van der Waals surface area contributed by atoms with Crippen molar-refractivity contribution in [1.29, 1.82) is 0 Å². The third-order valence-electron chi connectivity index (χ3n) is 7.00. The Labute approximate surface area is 177 Å². The van der Waals surface area contributed by atoms with E-state index in [1.54, 1.807) is 6.26 Å². The number of imide groups is 1. The predicted molar refractivity (Wildman–Crippen MR) is 110 cm³/mol. The molecule has 0 bridgehead atoms. The van der Waals surface area contributed by atoms with Crippen LogP contribution < -0.4 is 10.6 Å². The van der Waals surface area contributed by atoms with E-state index in [1.807, 2.05) is 19.1 Å². The molecule has 3 atom stereocenters. The molecule has 4 amide bonds. The van der Waals surface area contributed by atoms with E-state index in [1.165, 1.54) is 6.42 Å². The van der Waals surface area contributed by atoms with Crippen molar-refractivity contribution in [1.82, 2.24) is 20.4 Å². The highest BCUT2D eigenvalue weighted by molar-refractivity contribution is 6.09. The number of hydrogen-bond acceptors (Lipinski definition) is 5. The van der Waals surface area contributed by atoms with Crippen molar-refractivity contribution in [2.45, 2.75) is 63.5 Å². The van der Waals surface area contributed by atoms with Crippen molar-refractivity contribution >= 4 is 17.8 Å². The van der Waals surface area contributed by atoms with Gasteiger partial charge in [0.15, 0.2) is 0 Å². The average molecular weight is 417 g/mol. The molecule has 3 fully saturated rings. The third-order valence-corrected chi connectivity index (χ3v) is 7.00. The van der Waals surface area contributed by atoms with Crippen LogP contribution in [-0.2, 0) is 9.59 Å². The van der Waals surface area contributed by atoms with Crippen molar-refractivity contribution in [2.24, 2.45) is 5.92 Å². The van der Waals surface area contributed by atoms with Gasteiger partial charge >= 0.3 is 6.03 Å². The SMILES string of the molecule is CC1CCCCC12NC(=O)N(CC(=O)NCC(c1ccco1)N1CCCCC1)C2=O. The van der Waals surface area contributed by atoms with Gasteiger partial charge in [-0.05, 0) is 56.8 Å². The Balaban J connectivity index is 1.38. The van der Waals surface area contributed by atoms with Crippen LogP contribution in [0.3, 0.4) is 0 Å². The molecule has 8 heteroatoms. The first kappa shape index (κ1) is 20.9. The Morgan fingerprint density at radius 3 is 2.77 bits per heavy atom. The molecule has 4 rings (SSSR count). The van der Waals surface area contributed by atoms with Gasteiger partial charge in [-0.3, -0.25) is 19.4 Å². The fourth-order valence-corrected chi connectivity index (χ4v) is 5.17. The van der Waals surface area contributed by atoms with Crippen molar-refractivity contribution in [3.63, 3.8) is 0 Å². The largest absolute Gasteiger partial charge is 0.468 e. The van der Waals surface area contributed by atoms with Crippen LogP contribution in [0.15, 0.2) is 22.8 Å². The van der Waals surface area contributed by atoms with Crippen LogP contribution in [-0.4, -0.2) is 59.4 Å². The maximum atomic E-state index is 13.1. The maximum absolute atomic E-state index is 13.1. The molecule has 3 unspecified atom stereocenters. The minimum absolute atomic E-state index is 0.0444. The Morgan fingerprint density at radius 1 is 1.27 bits per heavy atom. The van der Waals surface area contributed by atoms with Gasteiger partial charge in [-0.1, -0.05) is 26.2 Å². The predicted octanol–water partition coefficient (Wildman–Crippen LogP) is 2.42. The summed E-state index contributed by atoms with van der Waals surface area (Å²) in [4.78, 5) is 41.6. The van der Waals surface area contributed by atoms with Crippen molar-refractivity contribution in [3.8, 4) is 0 Å². The molecule has 3 heterocycles. The first-order chi connectivity index (χ1) is 14.5. The molecular weight excluding hydrogens is 384 g/mol. The van der Waals surface area contributed by atoms with Crippen molar-refractivity contribution in [3.05, 3.63) is 24.2 Å². The van der Waals surface area contributed by atoms with E-state index in [0.717, 1.165) is 55.9 Å². The van der Waals surface area contributed by atoms with Gasteiger partial charge in [-0.15, -0.1) is 0 Å². The summed E-state index contributed by atoms with van der Waals surface area (Å²) >= 11 is 0. The smallest absolute Gasteiger partial charge is 0.325 e. The van der Waals surface area contributed by atoms with Crippen LogP contribution in [0.2, 0.25) is 0 Å². The summed E-state index contributed by atoms with van der Waals surface area (Å²) in [5, 5.41) is 5.82. The minimum atomic E-state index is -0.833. The van der Waals surface area contributed by atoms with Crippen molar-refractivity contribution in [2.75, 3.05) is 26.2 Å². The number of urea groups is 1. The Morgan fingerprint density at radius 2 is 2.07 bits per heavy atom. The lowest BCUT2D eigenvalue weighted by atomic mass is 9.73. The van der Waals surface area contributed by atoms with E-state index < -0.39 is 11.6 Å². The quantitative estimate of drug-likeness (QED) is 0.695. The van der Waals surface area contributed by atoms with Crippen LogP contribution in [0.25, 0.3) is 0 Å². The Kier molecular flexibility index (Phi) is 6.13. The van der Waals surface area contributed by atoms with Gasteiger partial charge in [-0.2, -0.15) is 0 Å². The number of nitrogens with zero attached hydrogens (tertiary/aromatic N) is 2. The Hall–Kier alpha value is -2.35. The first-order valence-electron chi connectivity index (χ1n) is 11.2. The van der Waals surface area contributed by atoms with E-state index in [0.29, 0.717) is 13.0 Å². The molecule has 1 aromatic rings. The standard InChI is InChI=1S/C22H32N4O4/c1-16-8-3-4-10-22(16)20(28)26(21(29)24-22)15-19(27)23-14-17(18-9-7-13-30-18)25-11-5-2-6-12-25/h7,9,13,16-17H,2-6,8,10-12,14-15H2,1H3,(H,23,27)(H,24,29). The number of furan rings is 1. The molecule has 3 aliphatic rings. The van der Waals surface area contributed by atoms with E-state index in [9.17, 15) is 14.4 Å². The summed E-state index contributed by atoms with van der Waals surface area (Å²) in [6.07, 6.45) is 8.67. The monoisotopic (exact) mass is 416 g/mol. The van der Waals surface area contributed by atoms with Crippen LogP contribution >= 0.6 is 0 Å². The molecule has 1 saturated carbocycles. The number of likely N-dealkylation sites (tertiary alicyclic amines) is 1. The van der Waals surface area contributed by atoms with Gasteiger partial charge in [0.05, 0.1) is 12.3 Å². The normalized spacial score (nSPS) is 28.6. The second-order valence-corrected chi connectivity index (χ2v) is 8.87. The number of nitrogens with one attached hydrogen (secondary N) is 2. The molecule has 1 aliphatic carbocycles. The lowest BCUT2D eigenvalue weighted by Gasteiger charge is -2.36. The average Bonchev–Trinajstić information content (AvgIpc) is 3.35. The molecule has 2 N–H and O–H groups in total. The highest BCUT2D eigenvalue weighted by Gasteiger charge is 2.55. The zero-order valence-corrected chi connectivity index (χ0v) is 17.7. The summed E-state index contributed by atoms with van der Waals surface area (Å²) < 4.78 is 5.61. The lowest BCUT2D eigenvalue weighted by Crippen LogP contribution is -2.54. The van der Waals surface area contributed by atoms with Gasteiger partial charge in [0.2, 0.25) is 5.91 Å². The number of rotatable bonds is 6. The second-order valence-electron chi connectivity index (χ2n) is 8.87. The maximum Gasteiger partial charge on any atom is 0.325 e. The molecule has 164 valence electrons. The first-order valence-corrected chi connectivity index (χ1v) is 11.2. The topological polar surface area (TPSA) is 94.9 Å². The summed E-state index contributed by atoms with van der Waals surface area (Å²) in [5.74, 6) is 0.321. The van der Waals surface area contributed by atoms with Gasteiger partial charge in [0, 0.05) is 6.54 Å². The Bertz CT molecular complexity index is 774. The highest BCUT2D eigenvalue weighted by atomic mass is 16.3. The molecule has 2 saturated heterocycles. The third kappa shape index (κ3) is 3.97. The van der Waals surface area contributed by atoms with E-state index in [4.69, 9.17) is 4.42 Å². The lowest BCUT2D eigenvalue weighted by molar-refractivity contribution is -0.137. The highest BCUT2D eigenvalue weighted by Crippen LogP contribution is 2.38. The van der Waals surface area contributed by atoms with E-state index >= 15 is 0 Å². The zero-order valence-electron chi connectivity index (χ0n) is 17.7. The number of carbonyl (C=O) groups is 3. The number of piperidine rings is 1. The van der Waals surface area contributed by atoms with Gasteiger partial charge < -0.3 is 15.1 Å². The summed E-state index contributed by atoms with van der Waals surface area (Å²) in [5.41, 5.74) is -0.833. The van der Waals surface area contributed by atoms with E-state index in [2.05, 4.69) is 15.5 Å². The van der Waals surface area contributed by atoms with Crippen LogP contribution in [0.4, 0.5) is 4.79 Å². The molecule has 2 aliphatic heterocycles. The number of carbonyl (C=O) groups excluding carboxylic acids is 3. The minimum Gasteiger partial charge on any atom is -0.468 e. The van der Waals surface area contributed by atoms with E-state index in [-0.39, 0.29) is 30.3 Å². The second kappa shape index (κ2) is 8.79. The van der Waals surface area contributed by atoms with Gasteiger partial charge in [-0.25, -0.2) is 4.79 Å². The van der Waals surface area contributed by atoms with Crippen LogP contribution in [0.5, 0.6) is 0 Å². The fraction of sp³-hybridized carbons (Fsp3) is 0.682. The summed E-state index contributed by atoms with van der Waals surface area (Å²) in [6, 6.07) is 3.28. The van der Waals surface area contributed by atoms with Crippen molar-refractivity contribution < 1.29 is 18.8 Å². The number of amides is 4. The summed E-state index contributed by atoms with van der Waals surface area (Å²) in [7, 11) is 0. The van der Waals surface area contributed by atoms with Crippen LogP contribution in [0, 0.1) is 5.92 Å². The molecule has 0 aromatic carbocycles. The molecule has 8 nitrogen and oxygen atoms in total.